The number of carbonyl (C=O) groups is 2. The maximum absolute atomic E-state index is 10.5. The van der Waals surface area contributed by atoms with E-state index in [1.807, 2.05) is 55.4 Å². The quantitative estimate of drug-likeness (QED) is 0.109. The highest BCUT2D eigenvalue weighted by molar-refractivity contribution is 5.87. The number of nitrogens with zero attached hydrogens (tertiary/aromatic N) is 2. The second kappa shape index (κ2) is 44.8. The average molecular weight is 1330 g/mol. The van der Waals surface area contributed by atoms with Crippen molar-refractivity contribution in [3.05, 3.63) is 0 Å². The number of ether oxygens (including phenoxy) is 6. The van der Waals surface area contributed by atoms with Crippen molar-refractivity contribution in [1.82, 2.24) is 10.6 Å². The minimum absolute atomic E-state index is 0. The van der Waals surface area contributed by atoms with Gasteiger partial charge in [0.2, 0.25) is 5.91 Å². The molecule has 19 heteroatoms. The first-order valence-electron chi connectivity index (χ1n) is 30.6. The molecule has 92 heavy (non-hydrogen) atoms. The standard InChI is InChI=1S/C8H16O.C7H15NO.C7H15N.C7H14O2.C6H12N2.C6H13NO.C6H11NO.C6H13N.C5H10N2O.C5H9NO2.10CH4/c1-6-7(2)9-5-8(6,3)4;1-5-6(8)7(2,3)4-9-5;1-7(2)5-3-4-6(7)8;1-5-6(8)7(2,3)4-9-5;1-6(2)3-4-8-5(6)7;1-6(2)4-8-3-5(6)7;1-6(2)3-5(8)7-4-6;1-6(2)4-3-5(6)7;1-5(2)3-8-4(6)7-5;1-5(2)3-8-4(7)6-5;;;;;;;;;;/h6-7H,5H2,1-4H3;5-6H,4,8H2,1-3H3;6H,3-5,8H2,1-2H3;5-6,8H,4H2,1-3H3;3-4H2,1-2H3,(H2,7,8);5H,3-4,7H2,1-2H3;3-4H2,1-2H3,(H,7,8);5H,3-4,7H2,1-2H3;3H2,1-2H3,(H2,6,7);3H2,1-2H3,(H,6,7);10*1H4. The number of aliphatic hydroxyl groups excluding tert-OH is 1. The van der Waals surface area contributed by atoms with E-state index in [2.05, 4.69) is 136 Å². The molecule has 2 aliphatic carbocycles. The van der Waals surface area contributed by atoms with Gasteiger partial charge in [0.1, 0.15) is 13.2 Å². The van der Waals surface area contributed by atoms with Crippen molar-refractivity contribution in [2.24, 2.45) is 93.6 Å². The smallest absolute Gasteiger partial charge is 0.407 e. The van der Waals surface area contributed by atoms with Gasteiger partial charge in [0, 0.05) is 65.3 Å². The van der Waals surface area contributed by atoms with Crippen LogP contribution >= 0.6 is 0 Å². The van der Waals surface area contributed by atoms with Gasteiger partial charge in [-0.3, -0.25) is 9.79 Å². The zero-order chi connectivity index (χ0) is 63.9. The van der Waals surface area contributed by atoms with E-state index >= 15 is 0 Å². The largest absolute Gasteiger partial charge is 0.463 e. The lowest BCUT2D eigenvalue weighted by Gasteiger charge is -2.41. The lowest BCUT2D eigenvalue weighted by molar-refractivity contribution is -0.119. The van der Waals surface area contributed by atoms with Crippen molar-refractivity contribution >= 4 is 23.9 Å². The summed E-state index contributed by atoms with van der Waals surface area (Å²) in [6.07, 6.45) is 8.31. The lowest BCUT2D eigenvalue weighted by Crippen LogP contribution is -2.46. The van der Waals surface area contributed by atoms with Crippen LogP contribution in [0.5, 0.6) is 0 Å². The van der Waals surface area contributed by atoms with Gasteiger partial charge in [-0.05, 0) is 108 Å². The van der Waals surface area contributed by atoms with Gasteiger partial charge >= 0.3 is 6.09 Å². The number of nitrogens with two attached hydrogens (primary N) is 6. The van der Waals surface area contributed by atoms with E-state index in [4.69, 9.17) is 58.1 Å². The lowest BCUT2D eigenvalue weighted by atomic mass is 9.68. The van der Waals surface area contributed by atoms with Gasteiger partial charge in [0.15, 0.2) is 0 Å². The van der Waals surface area contributed by atoms with Crippen LogP contribution in [0.3, 0.4) is 0 Å². The Kier molecular flexibility index (Phi) is 53.9. The molecule has 8 fully saturated rings. The topological polar surface area (TPSA) is 315 Å². The molecule has 0 bridgehead atoms. The second-order valence-electron chi connectivity index (χ2n) is 31.7. The molecule has 0 aromatic rings. The molecular weight excluding hydrogens is 1160 g/mol. The van der Waals surface area contributed by atoms with Crippen LogP contribution in [0.1, 0.15) is 285 Å². The molecular formula is C73H168N10O9. The zero-order valence-corrected chi connectivity index (χ0v) is 56.6. The number of aliphatic hydroxyl groups is 1. The second-order valence-corrected chi connectivity index (χ2v) is 31.7. The molecule has 10 aliphatic rings. The molecule has 2 amide bonds. The molecule has 2 saturated carbocycles. The molecule has 8 heterocycles. The number of aliphatic imine (C=N–C) groups is 2. The summed E-state index contributed by atoms with van der Waals surface area (Å²) in [5, 5.41) is 14.8. The van der Waals surface area contributed by atoms with E-state index in [-0.39, 0.29) is 155 Å². The number of amidine groups is 2. The molecule has 564 valence electrons. The predicted molar refractivity (Wildman–Crippen MR) is 404 cm³/mol. The van der Waals surface area contributed by atoms with Crippen molar-refractivity contribution in [2.45, 2.75) is 345 Å². The summed E-state index contributed by atoms with van der Waals surface area (Å²) in [5.41, 5.74) is 35.6. The highest BCUT2D eigenvalue weighted by Crippen LogP contribution is 2.39. The molecule has 0 aromatic heterocycles. The summed E-state index contributed by atoms with van der Waals surface area (Å²) in [7, 11) is 0. The van der Waals surface area contributed by atoms with Crippen molar-refractivity contribution in [1.29, 1.82) is 0 Å². The van der Waals surface area contributed by atoms with Crippen LogP contribution in [0.25, 0.3) is 0 Å². The van der Waals surface area contributed by atoms with Gasteiger partial charge in [0.05, 0.1) is 74.4 Å². The predicted octanol–water partition coefficient (Wildman–Crippen LogP) is 14.9. The van der Waals surface area contributed by atoms with Crippen molar-refractivity contribution < 1.29 is 43.1 Å². The molecule has 6 saturated heterocycles. The minimum Gasteiger partial charge on any atom is -0.463 e. The van der Waals surface area contributed by atoms with Crippen LogP contribution in [0, 0.1) is 49.2 Å². The molecule has 0 spiro atoms. The fourth-order valence-electron chi connectivity index (χ4n) is 9.52. The highest BCUT2D eigenvalue weighted by Gasteiger charge is 2.41. The van der Waals surface area contributed by atoms with E-state index < -0.39 is 0 Å². The fourth-order valence-corrected chi connectivity index (χ4v) is 9.52. The van der Waals surface area contributed by atoms with Crippen molar-refractivity contribution in [3.63, 3.8) is 0 Å². The van der Waals surface area contributed by atoms with Gasteiger partial charge in [-0.1, -0.05) is 198 Å². The number of hydrogen-bond acceptors (Lipinski definition) is 17. The van der Waals surface area contributed by atoms with Gasteiger partial charge < -0.3 is 78.6 Å². The molecule has 0 aromatic carbocycles. The van der Waals surface area contributed by atoms with Crippen molar-refractivity contribution in [2.75, 3.05) is 59.3 Å². The Morgan fingerprint density at radius 3 is 1.08 bits per heavy atom. The van der Waals surface area contributed by atoms with E-state index in [0.29, 0.717) is 72.6 Å². The maximum atomic E-state index is 10.5. The zero-order valence-electron chi connectivity index (χ0n) is 56.6. The van der Waals surface area contributed by atoms with E-state index in [9.17, 15) is 14.7 Å². The number of nitrogens with one attached hydrogen (secondary N) is 2. The third-order valence-corrected chi connectivity index (χ3v) is 18.1. The molecule has 0 radical (unpaired) electrons. The van der Waals surface area contributed by atoms with Gasteiger partial charge in [-0.2, -0.15) is 0 Å². The molecule has 9 atom stereocenters. The average Bonchev–Trinajstić information content (AvgIpc) is 4.26. The van der Waals surface area contributed by atoms with Crippen LogP contribution < -0.4 is 45.0 Å². The number of hydrogen-bond donors (Lipinski definition) is 9. The summed E-state index contributed by atoms with van der Waals surface area (Å²) < 4.78 is 30.7. The Balaban J connectivity index is -0.000000100. The SMILES string of the molecule is C.C.C.C.C.C.C.C.C.C.CC1(C)CCC1N.CC1(C)CCCC1N.CC1(C)CCN=C1N.CC1(C)CNC(=O)C1.CC1(C)COC(=O)N1.CC1(C)COC(N)=N1.CC1(C)COCC1N.CC1OCC(C)(C)C1C.CC1OCC(C)(C)C1N.CC1OCC(C)(C)C1O. The first-order valence-corrected chi connectivity index (χ1v) is 30.6. The summed E-state index contributed by atoms with van der Waals surface area (Å²) >= 11 is 0. The molecule has 19 nitrogen and oxygen atoms in total. The molecule has 8 aliphatic heterocycles. The first-order chi connectivity index (χ1) is 36.9. The van der Waals surface area contributed by atoms with Crippen LogP contribution in [0.2, 0.25) is 0 Å². The van der Waals surface area contributed by atoms with Crippen LogP contribution in [-0.2, 0) is 33.2 Å². The molecule has 15 N–H and O–H groups in total. The summed E-state index contributed by atoms with van der Waals surface area (Å²) in [6, 6.07) is 1.70. The third kappa shape index (κ3) is 38.8. The monoisotopic (exact) mass is 1330 g/mol. The Morgan fingerprint density at radius 1 is 0.511 bits per heavy atom. The van der Waals surface area contributed by atoms with E-state index in [0.717, 1.165) is 51.8 Å². The van der Waals surface area contributed by atoms with Crippen LogP contribution in [-0.4, -0.2) is 148 Å². The Bertz CT molecular complexity index is 1890. The van der Waals surface area contributed by atoms with Crippen molar-refractivity contribution in [3.8, 4) is 0 Å². The van der Waals surface area contributed by atoms with Gasteiger partial charge in [-0.25, -0.2) is 9.79 Å². The Hall–Kier alpha value is -2.88. The number of rotatable bonds is 0. The minimum atomic E-state index is -0.310. The molecule has 9 unspecified atom stereocenters. The van der Waals surface area contributed by atoms with E-state index in [1.165, 1.54) is 32.1 Å². The first kappa shape index (κ1) is 111. The molecule has 10 rings (SSSR count). The normalized spacial score (nSPS) is 29.9. The Morgan fingerprint density at radius 2 is 0.978 bits per heavy atom. The third-order valence-electron chi connectivity index (χ3n) is 18.1. The maximum Gasteiger partial charge on any atom is 0.407 e. The van der Waals surface area contributed by atoms with E-state index in [1.54, 1.807) is 0 Å². The fraction of sp³-hybridized carbons (Fsp3) is 0.945. The number of cyclic esters (lactones) is 1. The number of amides is 2. The summed E-state index contributed by atoms with van der Waals surface area (Å²) in [6.45, 7) is 57.4. The number of alkyl carbamates (subject to hydrolysis) is 1. The summed E-state index contributed by atoms with van der Waals surface area (Å²) in [5.74, 6) is 1.71. The van der Waals surface area contributed by atoms with Crippen LogP contribution in [0.4, 0.5) is 4.79 Å². The van der Waals surface area contributed by atoms with Gasteiger partial charge in [-0.15, -0.1) is 0 Å². The van der Waals surface area contributed by atoms with Gasteiger partial charge in [0.25, 0.3) is 6.02 Å². The number of carbonyl (C=O) groups excluding carboxylic acids is 2. The summed E-state index contributed by atoms with van der Waals surface area (Å²) in [4.78, 5) is 28.9. The Labute approximate surface area is 573 Å². The highest BCUT2D eigenvalue weighted by atomic mass is 16.6. The van der Waals surface area contributed by atoms with Crippen LogP contribution in [0.15, 0.2) is 9.98 Å².